The zero-order chi connectivity index (χ0) is 12.7. The number of aliphatic hydroxyl groups is 1. The molecule has 0 radical (unpaired) electrons. The highest BCUT2D eigenvalue weighted by molar-refractivity contribution is 5.63. The van der Waals surface area contributed by atoms with Gasteiger partial charge in [0.15, 0.2) is 0 Å². The van der Waals surface area contributed by atoms with Crippen LogP contribution in [0.2, 0.25) is 0 Å². The molecule has 0 bridgehead atoms. The molecule has 0 spiro atoms. The van der Waals surface area contributed by atoms with Gasteiger partial charge in [-0.05, 0) is 18.9 Å². The SMILES string of the molecule is NNc1cc(NCCCCO)cc([N+](=O)[O-])c1. The van der Waals surface area contributed by atoms with Crippen LogP contribution in [0.4, 0.5) is 17.1 Å². The Bertz CT molecular complexity index is 384. The topological polar surface area (TPSA) is 113 Å². The van der Waals surface area contributed by atoms with Gasteiger partial charge in [-0.25, -0.2) is 0 Å². The predicted molar refractivity (Wildman–Crippen MR) is 65.7 cm³/mol. The molecular formula is C10H16N4O3. The standard InChI is InChI=1S/C10H16N4O3/c11-13-9-5-8(12-3-1-2-4-15)6-10(7-9)14(16)17/h5-7,12-13,15H,1-4,11H2. The van der Waals surface area contributed by atoms with Crippen LogP contribution < -0.4 is 16.6 Å². The lowest BCUT2D eigenvalue weighted by Crippen LogP contribution is -2.08. The zero-order valence-electron chi connectivity index (χ0n) is 9.35. The third kappa shape index (κ3) is 4.25. The van der Waals surface area contributed by atoms with Gasteiger partial charge in [-0.3, -0.25) is 16.0 Å². The maximum Gasteiger partial charge on any atom is 0.273 e. The van der Waals surface area contributed by atoms with E-state index in [1.54, 1.807) is 6.07 Å². The van der Waals surface area contributed by atoms with E-state index < -0.39 is 4.92 Å². The van der Waals surface area contributed by atoms with Crippen molar-refractivity contribution in [2.75, 3.05) is 23.9 Å². The molecule has 0 unspecified atom stereocenters. The molecule has 1 aromatic carbocycles. The van der Waals surface area contributed by atoms with Crippen LogP contribution in [-0.2, 0) is 0 Å². The number of non-ortho nitro benzene ring substituents is 1. The molecule has 7 heteroatoms. The summed E-state index contributed by atoms with van der Waals surface area (Å²) in [5, 5.41) is 22.3. The molecule has 1 rings (SSSR count). The van der Waals surface area contributed by atoms with Crippen molar-refractivity contribution in [3.63, 3.8) is 0 Å². The summed E-state index contributed by atoms with van der Waals surface area (Å²) in [6.07, 6.45) is 1.49. The summed E-state index contributed by atoms with van der Waals surface area (Å²) < 4.78 is 0. The van der Waals surface area contributed by atoms with Crippen molar-refractivity contribution in [2.45, 2.75) is 12.8 Å². The largest absolute Gasteiger partial charge is 0.396 e. The first kappa shape index (κ1) is 13.2. The molecule has 0 aliphatic heterocycles. The van der Waals surface area contributed by atoms with E-state index in [2.05, 4.69) is 10.7 Å². The van der Waals surface area contributed by atoms with Gasteiger partial charge in [0.1, 0.15) is 0 Å². The summed E-state index contributed by atoms with van der Waals surface area (Å²) in [5.41, 5.74) is 3.46. The number of nitrogen functional groups attached to an aromatic ring is 1. The van der Waals surface area contributed by atoms with E-state index in [0.29, 0.717) is 24.3 Å². The average molecular weight is 240 g/mol. The van der Waals surface area contributed by atoms with Crippen LogP contribution in [-0.4, -0.2) is 23.2 Å². The molecule has 94 valence electrons. The maximum absolute atomic E-state index is 10.7. The number of nitrogens with two attached hydrogens (primary N) is 1. The van der Waals surface area contributed by atoms with Crippen LogP contribution in [0.5, 0.6) is 0 Å². The van der Waals surface area contributed by atoms with Crippen molar-refractivity contribution in [1.82, 2.24) is 0 Å². The van der Waals surface area contributed by atoms with Crippen LogP contribution in [0.3, 0.4) is 0 Å². The van der Waals surface area contributed by atoms with Gasteiger partial charge >= 0.3 is 0 Å². The van der Waals surface area contributed by atoms with E-state index in [1.807, 2.05) is 0 Å². The normalized spacial score (nSPS) is 10.0. The molecule has 5 N–H and O–H groups in total. The highest BCUT2D eigenvalue weighted by Gasteiger charge is 2.08. The molecule has 1 aromatic rings. The van der Waals surface area contributed by atoms with Gasteiger partial charge in [-0.2, -0.15) is 0 Å². The minimum Gasteiger partial charge on any atom is -0.396 e. The summed E-state index contributed by atoms with van der Waals surface area (Å²) in [7, 11) is 0. The minimum absolute atomic E-state index is 0.0230. The van der Waals surface area contributed by atoms with Gasteiger partial charge in [-0.1, -0.05) is 0 Å². The second kappa shape index (κ2) is 6.66. The minimum atomic E-state index is -0.472. The summed E-state index contributed by atoms with van der Waals surface area (Å²) in [6.45, 7) is 0.790. The molecule has 0 saturated heterocycles. The number of benzene rings is 1. The lowest BCUT2D eigenvalue weighted by molar-refractivity contribution is -0.384. The molecular weight excluding hydrogens is 224 g/mol. The van der Waals surface area contributed by atoms with Crippen LogP contribution in [0.15, 0.2) is 18.2 Å². The van der Waals surface area contributed by atoms with E-state index in [4.69, 9.17) is 10.9 Å². The van der Waals surface area contributed by atoms with E-state index in [9.17, 15) is 10.1 Å². The molecule has 0 saturated carbocycles. The number of unbranched alkanes of at least 4 members (excludes halogenated alkanes) is 1. The van der Waals surface area contributed by atoms with Crippen LogP contribution >= 0.6 is 0 Å². The Hall–Kier alpha value is -1.86. The Morgan fingerprint density at radius 1 is 1.29 bits per heavy atom. The van der Waals surface area contributed by atoms with Crippen LogP contribution in [0, 0.1) is 10.1 Å². The number of nitro groups is 1. The van der Waals surface area contributed by atoms with E-state index in [-0.39, 0.29) is 12.3 Å². The molecule has 0 aromatic heterocycles. The molecule has 0 fully saturated rings. The third-order valence-electron chi connectivity index (χ3n) is 2.21. The average Bonchev–Trinajstić information content (AvgIpc) is 2.34. The maximum atomic E-state index is 10.7. The van der Waals surface area contributed by atoms with E-state index >= 15 is 0 Å². The lowest BCUT2D eigenvalue weighted by atomic mass is 10.2. The third-order valence-corrected chi connectivity index (χ3v) is 2.21. The second-order valence-electron chi connectivity index (χ2n) is 3.53. The van der Waals surface area contributed by atoms with Crippen LogP contribution in [0.1, 0.15) is 12.8 Å². The number of rotatable bonds is 7. The highest BCUT2D eigenvalue weighted by atomic mass is 16.6. The van der Waals surface area contributed by atoms with Crippen molar-refractivity contribution >= 4 is 17.1 Å². The van der Waals surface area contributed by atoms with Gasteiger partial charge in [0.05, 0.1) is 10.6 Å². The van der Waals surface area contributed by atoms with Crippen molar-refractivity contribution in [2.24, 2.45) is 5.84 Å². The molecule has 0 atom stereocenters. The van der Waals surface area contributed by atoms with E-state index in [1.165, 1.54) is 12.1 Å². The van der Waals surface area contributed by atoms with Gasteiger partial charge in [0.2, 0.25) is 0 Å². The molecule has 17 heavy (non-hydrogen) atoms. The Kier molecular flexibility index (Phi) is 5.18. The fraction of sp³-hybridized carbons (Fsp3) is 0.400. The number of anilines is 2. The quantitative estimate of drug-likeness (QED) is 0.245. The van der Waals surface area contributed by atoms with Crippen molar-refractivity contribution in [1.29, 1.82) is 0 Å². The highest BCUT2D eigenvalue weighted by Crippen LogP contribution is 2.23. The number of nitrogens with one attached hydrogen (secondary N) is 2. The van der Waals surface area contributed by atoms with Gasteiger partial charge < -0.3 is 15.8 Å². The second-order valence-corrected chi connectivity index (χ2v) is 3.53. The fourth-order valence-electron chi connectivity index (χ4n) is 1.37. The van der Waals surface area contributed by atoms with Crippen molar-refractivity contribution in [3.8, 4) is 0 Å². The zero-order valence-corrected chi connectivity index (χ0v) is 9.35. The fourth-order valence-corrected chi connectivity index (χ4v) is 1.37. The van der Waals surface area contributed by atoms with Gasteiger partial charge in [0, 0.05) is 31.0 Å². The Balaban J connectivity index is 2.70. The number of hydrogen-bond acceptors (Lipinski definition) is 6. The monoisotopic (exact) mass is 240 g/mol. The molecule has 0 aliphatic carbocycles. The number of hydrogen-bond donors (Lipinski definition) is 4. The van der Waals surface area contributed by atoms with Crippen molar-refractivity contribution in [3.05, 3.63) is 28.3 Å². The lowest BCUT2D eigenvalue weighted by Gasteiger charge is -2.08. The Morgan fingerprint density at radius 2 is 2.00 bits per heavy atom. The summed E-state index contributed by atoms with van der Waals surface area (Å²) in [5.74, 6) is 5.23. The molecule has 0 aliphatic rings. The summed E-state index contributed by atoms with van der Waals surface area (Å²) >= 11 is 0. The number of nitrogens with zero attached hydrogens (tertiary/aromatic N) is 1. The number of hydrazine groups is 1. The number of aliphatic hydroxyl groups excluding tert-OH is 1. The predicted octanol–water partition coefficient (Wildman–Crippen LogP) is 1.06. The first-order valence-electron chi connectivity index (χ1n) is 5.28. The molecule has 0 heterocycles. The Labute approximate surface area is 98.7 Å². The van der Waals surface area contributed by atoms with Gasteiger partial charge in [-0.15, -0.1) is 0 Å². The molecule has 0 amide bonds. The molecule has 7 nitrogen and oxygen atoms in total. The van der Waals surface area contributed by atoms with E-state index in [0.717, 1.165) is 6.42 Å². The summed E-state index contributed by atoms with van der Waals surface area (Å²) in [4.78, 5) is 10.2. The van der Waals surface area contributed by atoms with Crippen molar-refractivity contribution < 1.29 is 10.0 Å². The first-order chi connectivity index (χ1) is 8.17. The van der Waals surface area contributed by atoms with Crippen LogP contribution in [0.25, 0.3) is 0 Å². The van der Waals surface area contributed by atoms with Gasteiger partial charge in [0.25, 0.3) is 5.69 Å². The first-order valence-corrected chi connectivity index (χ1v) is 5.28. The smallest absolute Gasteiger partial charge is 0.273 e. The number of nitro benzene ring substituents is 1. The Morgan fingerprint density at radius 3 is 2.59 bits per heavy atom. The summed E-state index contributed by atoms with van der Waals surface area (Å²) in [6, 6.07) is 4.49.